The summed E-state index contributed by atoms with van der Waals surface area (Å²) in [4.78, 5) is 29.6. The first-order valence-corrected chi connectivity index (χ1v) is 8.31. The number of imide groups is 1. The van der Waals surface area contributed by atoms with Gasteiger partial charge in [0.05, 0.1) is 10.9 Å². The van der Waals surface area contributed by atoms with Gasteiger partial charge in [0.15, 0.2) is 5.16 Å². The number of nitrogens with one attached hydrogen (secondary N) is 1. The Morgan fingerprint density at radius 1 is 1.39 bits per heavy atom. The number of aryl methyl sites for hydroxylation is 1. The summed E-state index contributed by atoms with van der Waals surface area (Å²) in [7, 11) is 0. The Kier molecular flexibility index (Phi) is 4.38. The minimum Gasteiger partial charge on any atom is -0.336 e. The number of benzene rings is 1. The van der Waals surface area contributed by atoms with E-state index in [1.54, 1.807) is 13.1 Å². The summed E-state index contributed by atoms with van der Waals surface area (Å²) in [6.45, 7) is 4.77. The van der Waals surface area contributed by atoms with Crippen molar-refractivity contribution in [3.63, 3.8) is 0 Å². The average Bonchev–Trinajstić information content (AvgIpc) is 3.16. The molecule has 1 aliphatic heterocycles. The van der Waals surface area contributed by atoms with E-state index in [-0.39, 0.29) is 17.2 Å². The third kappa shape index (κ3) is 3.10. The van der Waals surface area contributed by atoms with Crippen LogP contribution < -0.4 is 5.32 Å². The number of urea groups is 1. The van der Waals surface area contributed by atoms with Crippen molar-refractivity contribution in [3.05, 3.63) is 42.2 Å². The fourth-order valence-electron chi connectivity index (χ4n) is 2.50. The average molecular weight is 330 g/mol. The van der Waals surface area contributed by atoms with Crippen LogP contribution in [0.2, 0.25) is 0 Å². The number of thioether (sulfide) groups is 1. The topological polar surface area (TPSA) is 67.2 Å². The van der Waals surface area contributed by atoms with E-state index in [0.717, 1.165) is 16.4 Å². The highest BCUT2D eigenvalue weighted by molar-refractivity contribution is 8.00. The minimum atomic E-state index is -0.385. The molecule has 1 aliphatic rings. The molecule has 1 N–H and O–H groups in total. The molecule has 1 saturated heterocycles. The SMILES string of the molecule is Cc1ccccc1-n1ccnc1S[C@H](C)C(=O)N1CCNC1=O. The first kappa shape index (κ1) is 15.6. The van der Waals surface area contributed by atoms with E-state index in [1.807, 2.05) is 42.0 Å². The molecule has 3 rings (SSSR count). The van der Waals surface area contributed by atoms with E-state index < -0.39 is 0 Å². The van der Waals surface area contributed by atoms with Gasteiger partial charge in [0.2, 0.25) is 5.91 Å². The van der Waals surface area contributed by atoms with Crippen molar-refractivity contribution in [2.24, 2.45) is 0 Å². The Balaban J connectivity index is 1.79. The quantitative estimate of drug-likeness (QED) is 0.873. The molecule has 0 radical (unpaired) electrons. The molecule has 0 saturated carbocycles. The number of carbonyl (C=O) groups excluding carboxylic acids is 2. The maximum absolute atomic E-state index is 12.4. The zero-order valence-electron chi connectivity index (χ0n) is 13.0. The van der Waals surface area contributed by atoms with Crippen LogP contribution in [-0.4, -0.2) is 44.7 Å². The lowest BCUT2D eigenvalue weighted by Gasteiger charge is -2.18. The van der Waals surface area contributed by atoms with Gasteiger partial charge in [-0.25, -0.2) is 9.78 Å². The lowest BCUT2D eigenvalue weighted by atomic mass is 10.2. The highest BCUT2D eigenvalue weighted by atomic mass is 32.2. The molecular weight excluding hydrogens is 312 g/mol. The third-order valence-corrected chi connectivity index (χ3v) is 4.80. The zero-order chi connectivity index (χ0) is 16.4. The summed E-state index contributed by atoms with van der Waals surface area (Å²) in [5, 5.41) is 3.00. The summed E-state index contributed by atoms with van der Waals surface area (Å²) in [5.74, 6) is -0.190. The minimum absolute atomic E-state index is 0.190. The molecule has 7 heteroatoms. The standard InChI is InChI=1S/C16H18N4O2S/c1-11-5-3-4-6-13(11)19-9-8-18-16(19)23-12(2)14(21)20-10-7-17-15(20)22/h3-6,8-9,12H,7,10H2,1-2H3,(H,17,22)/t12-/m1/s1. The van der Waals surface area contributed by atoms with Gasteiger partial charge in [0.1, 0.15) is 0 Å². The molecule has 1 fully saturated rings. The normalized spacial score (nSPS) is 15.6. The molecule has 0 aliphatic carbocycles. The van der Waals surface area contributed by atoms with E-state index >= 15 is 0 Å². The molecule has 2 aromatic rings. The van der Waals surface area contributed by atoms with Gasteiger partial charge in [0.25, 0.3) is 0 Å². The van der Waals surface area contributed by atoms with E-state index in [0.29, 0.717) is 13.1 Å². The van der Waals surface area contributed by atoms with Crippen LogP contribution in [0.15, 0.2) is 41.8 Å². The van der Waals surface area contributed by atoms with Crippen LogP contribution in [0.5, 0.6) is 0 Å². The molecule has 3 amide bonds. The molecule has 1 atom stereocenters. The fraction of sp³-hybridized carbons (Fsp3) is 0.312. The summed E-state index contributed by atoms with van der Waals surface area (Å²) in [6.07, 6.45) is 3.60. The molecular formula is C16H18N4O2S. The van der Waals surface area contributed by atoms with Crippen molar-refractivity contribution in [1.29, 1.82) is 0 Å². The van der Waals surface area contributed by atoms with Crippen LogP contribution in [0.3, 0.4) is 0 Å². The first-order valence-electron chi connectivity index (χ1n) is 7.43. The Morgan fingerprint density at radius 2 is 2.17 bits per heavy atom. The summed E-state index contributed by atoms with van der Waals surface area (Å²) < 4.78 is 1.97. The maximum Gasteiger partial charge on any atom is 0.324 e. The number of aromatic nitrogens is 2. The van der Waals surface area contributed by atoms with E-state index in [1.165, 1.54) is 16.7 Å². The number of nitrogens with zero attached hydrogens (tertiary/aromatic N) is 3. The van der Waals surface area contributed by atoms with Gasteiger partial charge in [0, 0.05) is 25.5 Å². The number of imidazole rings is 1. The largest absolute Gasteiger partial charge is 0.336 e. The number of hydrogen-bond acceptors (Lipinski definition) is 4. The van der Waals surface area contributed by atoms with Crippen molar-refractivity contribution >= 4 is 23.7 Å². The van der Waals surface area contributed by atoms with Crippen LogP contribution in [0.4, 0.5) is 4.79 Å². The highest BCUT2D eigenvalue weighted by Gasteiger charge is 2.30. The van der Waals surface area contributed by atoms with E-state index in [9.17, 15) is 9.59 Å². The highest BCUT2D eigenvalue weighted by Crippen LogP contribution is 2.27. The van der Waals surface area contributed by atoms with Crippen LogP contribution in [0.1, 0.15) is 12.5 Å². The predicted octanol–water partition coefficient (Wildman–Crippen LogP) is 2.21. The van der Waals surface area contributed by atoms with Crippen molar-refractivity contribution in [1.82, 2.24) is 19.8 Å². The zero-order valence-corrected chi connectivity index (χ0v) is 13.8. The van der Waals surface area contributed by atoms with E-state index in [2.05, 4.69) is 10.3 Å². The Bertz CT molecular complexity index is 743. The second-order valence-corrected chi connectivity index (χ2v) is 6.66. The molecule has 23 heavy (non-hydrogen) atoms. The van der Waals surface area contributed by atoms with Gasteiger partial charge in [-0.15, -0.1) is 0 Å². The molecule has 6 nitrogen and oxygen atoms in total. The van der Waals surface area contributed by atoms with Crippen LogP contribution >= 0.6 is 11.8 Å². The summed E-state index contributed by atoms with van der Waals surface area (Å²) >= 11 is 1.36. The number of rotatable bonds is 4. The van der Waals surface area contributed by atoms with Crippen LogP contribution in [-0.2, 0) is 4.79 Å². The molecule has 0 unspecified atom stereocenters. The van der Waals surface area contributed by atoms with Crippen molar-refractivity contribution in [2.45, 2.75) is 24.3 Å². The van der Waals surface area contributed by atoms with E-state index in [4.69, 9.17) is 0 Å². The van der Waals surface area contributed by atoms with Gasteiger partial charge in [-0.3, -0.25) is 14.3 Å². The molecule has 0 spiro atoms. The number of amides is 3. The Morgan fingerprint density at radius 3 is 2.87 bits per heavy atom. The predicted molar refractivity (Wildman–Crippen MR) is 88.7 cm³/mol. The van der Waals surface area contributed by atoms with Crippen molar-refractivity contribution < 1.29 is 9.59 Å². The maximum atomic E-state index is 12.4. The van der Waals surface area contributed by atoms with Gasteiger partial charge in [-0.2, -0.15) is 0 Å². The van der Waals surface area contributed by atoms with Crippen molar-refractivity contribution in [3.8, 4) is 5.69 Å². The lowest BCUT2D eigenvalue weighted by Crippen LogP contribution is -2.39. The molecule has 2 heterocycles. The molecule has 120 valence electrons. The second-order valence-electron chi connectivity index (χ2n) is 5.35. The smallest absolute Gasteiger partial charge is 0.324 e. The van der Waals surface area contributed by atoms with Crippen LogP contribution in [0, 0.1) is 6.92 Å². The number of hydrogen-bond donors (Lipinski definition) is 1. The monoisotopic (exact) mass is 330 g/mol. The fourth-order valence-corrected chi connectivity index (χ4v) is 3.44. The van der Waals surface area contributed by atoms with Crippen LogP contribution in [0.25, 0.3) is 5.69 Å². The second kappa shape index (κ2) is 6.45. The molecule has 1 aromatic heterocycles. The van der Waals surface area contributed by atoms with Gasteiger partial charge < -0.3 is 5.32 Å². The van der Waals surface area contributed by atoms with Crippen molar-refractivity contribution in [2.75, 3.05) is 13.1 Å². The molecule has 0 bridgehead atoms. The molecule has 1 aromatic carbocycles. The number of carbonyl (C=O) groups is 2. The lowest BCUT2D eigenvalue weighted by molar-refractivity contribution is -0.126. The third-order valence-electron chi connectivity index (χ3n) is 3.73. The van der Waals surface area contributed by atoms with Gasteiger partial charge >= 0.3 is 6.03 Å². The first-order chi connectivity index (χ1) is 11.1. The summed E-state index contributed by atoms with van der Waals surface area (Å²) in [6, 6.07) is 7.69. The Labute approximate surface area is 138 Å². The Hall–Kier alpha value is -2.28. The summed E-state index contributed by atoms with van der Waals surface area (Å²) in [5.41, 5.74) is 2.16. The van der Waals surface area contributed by atoms with Gasteiger partial charge in [-0.1, -0.05) is 30.0 Å². The van der Waals surface area contributed by atoms with Gasteiger partial charge in [-0.05, 0) is 25.5 Å². The number of para-hydroxylation sites is 1.